The van der Waals surface area contributed by atoms with Crippen LogP contribution in [0, 0.1) is 0 Å². The summed E-state index contributed by atoms with van der Waals surface area (Å²) in [5, 5.41) is 8.03. The summed E-state index contributed by atoms with van der Waals surface area (Å²) >= 11 is 1.33. The van der Waals surface area contributed by atoms with Crippen LogP contribution in [-0.4, -0.2) is 24.5 Å². The number of hydrogen-bond donors (Lipinski definition) is 2. The number of nitrogens with zero attached hydrogens (tertiary/aromatic N) is 1. The van der Waals surface area contributed by atoms with Crippen LogP contribution >= 0.6 is 23.7 Å². The van der Waals surface area contributed by atoms with E-state index in [0.29, 0.717) is 35.8 Å². The molecule has 24 heavy (non-hydrogen) atoms. The Kier molecular flexibility index (Phi) is 7.65. The predicted octanol–water partition coefficient (Wildman–Crippen LogP) is 3.48. The van der Waals surface area contributed by atoms with Crippen molar-refractivity contribution in [2.24, 2.45) is 0 Å². The van der Waals surface area contributed by atoms with Gasteiger partial charge in [0.05, 0.1) is 17.8 Å². The molecule has 1 aromatic heterocycles. The second kappa shape index (κ2) is 9.00. The second-order valence-corrected chi connectivity index (χ2v) is 5.71. The number of halogens is 4. The molecule has 0 radical (unpaired) electrons. The third-order valence-electron chi connectivity index (χ3n) is 3.08. The van der Waals surface area contributed by atoms with Gasteiger partial charge in [-0.1, -0.05) is 12.1 Å². The maximum absolute atomic E-state index is 12.5. The lowest BCUT2D eigenvalue weighted by molar-refractivity contribution is -0.137. The number of benzene rings is 1. The van der Waals surface area contributed by atoms with Crippen molar-refractivity contribution in [3.8, 4) is 10.6 Å². The Morgan fingerprint density at radius 3 is 2.50 bits per heavy atom. The highest BCUT2D eigenvalue weighted by Gasteiger charge is 2.30. The Morgan fingerprint density at radius 2 is 1.92 bits per heavy atom. The van der Waals surface area contributed by atoms with E-state index in [0.717, 1.165) is 12.1 Å². The summed E-state index contributed by atoms with van der Waals surface area (Å²) in [7, 11) is 1.77. The molecule has 0 spiro atoms. The average molecular weight is 380 g/mol. The van der Waals surface area contributed by atoms with Crippen LogP contribution in [0.3, 0.4) is 0 Å². The van der Waals surface area contributed by atoms with Crippen LogP contribution in [0.4, 0.5) is 13.2 Å². The van der Waals surface area contributed by atoms with Crippen LogP contribution in [0.15, 0.2) is 29.6 Å². The molecule has 1 aromatic carbocycles. The highest BCUT2D eigenvalue weighted by molar-refractivity contribution is 7.13. The van der Waals surface area contributed by atoms with E-state index in [1.54, 1.807) is 12.4 Å². The van der Waals surface area contributed by atoms with Crippen LogP contribution in [0.1, 0.15) is 17.7 Å². The zero-order chi connectivity index (χ0) is 16.9. The Balaban J connectivity index is 0.00000288. The Bertz CT molecular complexity index is 659. The molecular weight excluding hydrogens is 363 g/mol. The summed E-state index contributed by atoms with van der Waals surface area (Å²) in [6.45, 7) is 0.902. The van der Waals surface area contributed by atoms with Gasteiger partial charge in [-0.15, -0.1) is 23.7 Å². The van der Waals surface area contributed by atoms with Gasteiger partial charge in [-0.25, -0.2) is 4.98 Å². The summed E-state index contributed by atoms with van der Waals surface area (Å²) in [6, 6.07) is 4.87. The zero-order valence-corrected chi connectivity index (χ0v) is 14.4. The highest BCUT2D eigenvalue weighted by atomic mass is 35.5. The van der Waals surface area contributed by atoms with Gasteiger partial charge >= 0.3 is 6.18 Å². The number of hydrogen-bond acceptors (Lipinski definition) is 4. The fraction of sp³-hybridized carbons (Fsp3) is 0.333. The average Bonchev–Trinajstić information content (AvgIpc) is 2.99. The first kappa shape index (κ1) is 20.4. The standard InChI is InChI=1S/C15H16F3N3OS.ClH/c1-19-7-6-13(22)20-8-12-9-23-14(21-12)10-2-4-11(5-3-10)15(16,17)18;/h2-5,9,19H,6-8H2,1H3,(H,20,22);1H. The number of aromatic nitrogens is 1. The molecule has 0 aliphatic rings. The molecule has 0 atom stereocenters. The number of nitrogens with one attached hydrogen (secondary N) is 2. The lowest BCUT2D eigenvalue weighted by atomic mass is 10.1. The summed E-state index contributed by atoms with van der Waals surface area (Å²) in [5.74, 6) is -0.0802. The molecule has 0 fully saturated rings. The fourth-order valence-corrected chi connectivity index (χ4v) is 2.66. The lowest BCUT2D eigenvalue weighted by Crippen LogP contribution is -2.26. The number of thiazole rings is 1. The zero-order valence-electron chi connectivity index (χ0n) is 12.8. The van der Waals surface area contributed by atoms with Crippen LogP contribution in [0.25, 0.3) is 10.6 Å². The van der Waals surface area contributed by atoms with E-state index in [-0.39, 0.29) is 18.3 Å². The van der Waals surface area contributed by atoms with Crippen molar-refractivity contribution in [2.45, 2.75) is 19.1 Å². The molecule has 0 saturated carbocycles. The minimum atomic E-state index is -4.34. The second-order valence-electron chi connectivity index (χ2n) is 4.85. The molecule has 132 valence electrons. The molecule has 0 aliphatic carbocycles. The minimum absolute atomic E-state index is 0. The van der Waals surface area contributed by atoms with Gasteiger partial charge in [0.2, 0.25) is 5.91 Å². The molecule has 1 amide bonds. The largest absolute Gasteiger partial charge is 0.416 e. The fourth-order valence-electron chi connectivity index (χ4n) is 1.84. The Labute approximate surface area is 147 Å². The Hall–Kier alpha value is -1.64. The van der Waals surface area contributed by atoms with Crippen molar-refractivity contribution in [3.05, 3.63) is 40.9 Å². The van der Waals surface area contributed by atoms with E-state index in [1.807, 2.05) is 0 Å². The topological polar surface area (TPSA) is 54.0 Å². The molecule has 4 nitrogen and oxygen atoms in total. The number of amides is 1. The summed E-state index contributed by atoms with van der Waals surface area (Å²) in [4.78, 5) is 15.8. The molecule has 0 unspecified atom stereocenters. The van der Waals surface area contributed by atoms with Gasteiger partial charge in [0.15, 0.2) is 0 Å². The quantitative estimate of drug-likeness (QED) is 0.808. The van der Waals surface area contributed by atoms with Gasteiger partial charge in [-0.05, 0) is 19.2 Å². The van der Waals surface area contributed by atoms with Crippen molar-refractivity contribution in [1.29, 1.82) is 0 Å². The van der Waals surface area contributed by atoms with Crippen LogP contribution in [-0.2, 0) is 17.5 Å². The van der Waals surface area contributed by atoms with Crippen molar-refractivity contribution >= 4 is 29.7 Å². The van der Waals surface area contributed by atoms with Crippen molar-refractivity contribution in [3.63, 3.8) is 0 Å². The first-order valence-corrected chi connectivity index (χ1v) is 7.81. The maximum atomic E-state index is 12.5. The van der Waals surface area contributed by atoms with Crippen molar-refractivity contribution in [2.75, 3.05) is 13.6 Å². The van der Waals surface area contributed by atoms with E-state index in [1.165, 1.54) is 23.5 Å². The van der Waals surface area contributed by atoms with Gasteiger partial charge in [0, 0.05) is 23.9 Å². The number of rotatable bonds is 6. The van der Waals surface area contributed by atoms with Crippen LogP contribution in [0.5, 0.6) is 0 Å². The molecule has 9 heteroatoms. The normalized spacial score (nSPS) is 11.0. The van der Waals surface area contributed by atoms with Gasteiger partial charge < -0.3 is 10.6 Å². The summed E-state index contributed by atoms with van der Waals surface area (Å²) < 4.78 is 37.6. The van der Waals surface area contributed by atoms with Gasteiger partial charge in [0.1, 0.15) is 5.01 Å². The van der Waals surface area contributed by atoms with E-state index in [9.17, 15) is 18.0 Å². The van der Waals surface area contributed by atoms with E-state index in [2.05, 4.69) is 15.6 Å². The van der Waals surface area contributed by atoms with Crippen molar-refractivity contribution in [1.82, 2.24) is 15.6 Å². The third-order valence-corrected chi connectivity index (χ3v) is 4.02. The third kappa shape index (κ3) is 5.77. The molecule has 2 aromatic rings. The molecule has 1 heterocycles. The minimum Gasteiger partial charge on any atom is -0.350 e. The summed E-state index contributed by atoms with van der Waals surface area (Å²) in [5.41, 5.74) is 0.619. The van der Waals surface area contributed by atoms with E-state index >= 15 is 0 Å². The number of alkyl halides is 3. The summed E-state index contributed by atoms with van der Waals surface area (Å²) in [6.07, 6.45) is -3.96. The molecule has 2 rings (SSSR count). The number of carbonyl (C=O) groups is 1. The van der Waals surface area contributed by atoms with Gasteiger partial charge in [0.25, 0.3) is 0 Å². The predicted molar refractivity (Wildman–Crippen MR) is 90.2 cm³/mol. The highest BCUT2D eigenvalue weighted by Crippen LogP contribution is 2.31. The maximum Gasteiger partial charge on any atom is 0.416 e. The monoisotopic (exact) mass is 379 g/mol. The molecular formula is C15H17ClF3N3OS. The van der Waals surface area contributed by atoms with Gasteiger partial charge in [-0.3, -0.25) is 4.79 Å². The molecule has 0 saturated heterocycles. The van der Waals surface area contributed by atoms with Crippen LogP contribution < -0.4 is 10.6 Å². The molecule has 2 N–H and O–H groups in total. The van der Waals surface area contributed by atoms with Crippen LogP contribution in [0.2, 0.25) is 0 Å². The van der Waals surface area contributed by atoms with E-state index in [4.69, 9.17) is 0 Å². The van der Waals surface area contributed by atoms with Crippen molar-refractivity contribution < 1.29 is 18.0 Å². The van der Waals surface area contributed by atoms with Gasteiger partial charge in [-0.2, -0.15) is 13.2 Å². The first-order chi connectivity index (χ1) is 10.9. The molecule has 0 aliphatic heterocycles. The Morgan fingerprint density at radius 1 is 1.25 bits per heavy atom. The molecule has 0 bridgehead atoms. The smallest absolute Gasteiger partial charge is 0.350 e. The van der Waals surface area contributed by atoms with E-state index < -0.39 is 11.7 Å². The first-order valence-electron chi connectivity index (χ1n) is 6.93. The SMILES string of the molecule is CNCCC(=O)NCc1csc(-c2ccc(C(F)(F)F)cc2)n1.Cl. The lowest BCUT2D eigenvalue weighted by Gasteiger charge is -2.06. The number of carbonyl (C=O) groups excluding carboxylic acids is 1.